The molecule has 1 spiro atoms. The van der Waals surface area contributed by atoms with Crippen molar-refractivity contribution in [1.82, 2.24) is 24.6 Å². The SMILES string of the molecule is COC(=O)C(C)=CCC12OC(C)(C)C3CC(C1=O)C1C4C(=Nc5ncnn51)c1c(OC(=O)CCC(=O)N5CCN(C)CC5)c5c(c(CC=C(C)C)c1OC432)OC(C)(CCC=C(C)C)C=C5. The average Bonchev–Trinajstić information content (AvgIpc) is 3.79. The summed E-state index contributed by atoms with van der Waals surface area (Å²) in [5.74, 6) is -1.43. The number of carbonyl (C=O) groups is 4. The number of amides is 1. The minimum absolute atomic E-state index is 0.00631. The van der Waals surface area contributed by atoms with Crippen molar-refractivity contribution in [3.63, 3.8) is 0 Å². The predicted molar refractivity (Wildman–Crippen MR) is 242 cm³/mol. The van der Waals surface area contributed by atoms with Crippen LogP contribution in [0.3, 0.4) is 0 Å². The molecule has 7 atom stereocenters. The summed E-state index contributed by atoms with van der Waals surface area (Å²) in [5.41, 5.74) is 0.368. The summed E-state index contributed by atoms with van der Waals surface area (Å²) in [6.07, 6.45) is 13.6. The van der Waals surface area contributed by atoms with Crippen LogP contribution in [0.5, 0.6) is 17.2 Å². The number of Topliss-reactive ketones (excluding diaryl/α,β-unsaturated/α-hetero) is 1. The minimum Gasteiger partial charge on any atom is -0.482 e. The Balaban J connectivity index is 1.27. The molecule has 0 radical (unpaired) electrons. The smallest absolute Gasteiger partial charge is 0.333 e. The number of hydrogen-bond acceptors (Lipinski definition) is 13. The van der Waals surface area contributed by atoms with Crippen molar-refractivity contribution in [2.24, 2.45) is 22.7 Å². The number of likely N-dealkylation sites (N-methyl/N-ethyl adjacent to an activating group) is 1. The van der Waals surface area contributed by atoms with E-state index in [-0.39, 0.29) is 42.6 Å². The highest BCUT2D eigenvalue weighted by Gasteiger charge is 2.86. The number of ether oxygens (including phenoxy) is 5. The number of hydrogen-bond donors (Lipinski definition) is 0. The van der Waals surface area contributed by atoms with Crippen LogP contribution in [0.2, 0.25) is 0 Å². The van der Waals surface area contributed by atoms with E-state index in [1.807, 2.05) is 53.8 Å². The topological polar surface area (TPSA) is 164 Å². The number of allylic oxidation sites excluding steroid dienone is 4. The molecule has 1 amide bonds. The number of ketones is 1. The lowest BCUT2D eigenvalue weighted by atomic mass is 9.44. The fourth-order valence-electron chi connectivity index (χ4n) is 11.7. The summed E-state index contributed by atoms with van der Waals surface area (Å²) in [4.78, 5) is 70.0. The van der Waals surface area contributed by atoms with Crippen LogP contribution in [0.1, 0.15) is 117 Å². The molecule has 4 bridgehead atoms. The molecule has 2 aromatic rings. The zero-order valence-electron chi connectivity index (χ0n) is 39.4. The van der Waals surface area contributed by atoms with Crippen LogP contribution >= 0.6 is 0 Å². The summed E-state index contributed by atoms with van der Waals surface area (Å²) in [5, 5.41) is 4.66. The van der Waals surface area contributed by atoms with Gasteiger partial charge in [-0.05, 0) is 100 Å². The molecule has 10 rings (SSSR count). The van der Waals surface area contributed by atoms with E-state index in [0.717, 1.165) is 25.1 Å². The van der Waals surface area contributed by atoms with Gasteiger partial charge < -0.3 is 33.5 Å². The van der Waals surface area contributed by atoms with Gasteiger partial charge >= 0.3 is 11.9 Å². The van der Waals surface area contributed by atoms with Crippen molar-refractivity contribution in [2.45, 2.75) is 129 Å². The Hall–Kier alpha value is -5.41. The lowest BCUT2D eigenvalue weighted by molar-refractivity contribution is -0.207. The first kappa shape index (κ1) is 44.8. The molecule has 65 heavy (non-hydrogen) atoms. The van der Waals surface area contributed by atoms with E-state index >= 15 is 4.79 Å². The molecular weight excluding hydrogens is 829 g/mol. The molecule has 15 heteroatoms. The van der Waals surface area contributed by atoms with Crippen LogP contribution in [0.25, 0.3) is 6.08 Å². The van der Waals surface area contributed by atoms with E-state index in [9.17, 15) is 14.4 Å². The Bertz CT molecular complexity index is 2520. The molecular formula is C50H62N6O9. The monoisotopic (exact) mass is 890 g/mol. The van der Waals surface area contributed by atoms with Gasteiger partial charge in [-0.15, -0.1) is 0 Å². The lowest BCUT2D eigenvalue weighted by Gasteiger charge is -2.64. The zero-order chi connectivity index (χ0) is 46.4. The van der Waals surface area contributed by atoms with Crippen molar-refractivity contribution in [2.75, 3.05) is 40.3 Å². The zero-order valence-corrected chi connectivity index (χ0v) is 39.4. The van der Waals surface area contributed by atoms with Gasteiger partial charge in [-0.1, -0.05) is 29.4 Å². The second-order valence-corrected chi connectivity index (χ2v) is 20.2. The van der Waals surface area contributed by atoms with Crippen molar-refractivity contribution < 1.29 is 42.9 Å². The number of nitrogens with zero attached hydrogens (tertiary/aromatic N) is 6. The van der Waals surface area contributed by atoms with Crippen LogP contribution in [0, 0.1) is 17.8 Å². The third-order valence-electron chi connectivity index (χ3n) is 14.9. The molecule has 346 valence electrons. The van der Waals surface area contributed by atoms with E-state index in [1.165, 1.54) is 19.0 Å². The number of carbonyl (C=O) groups excluding carboxylic acids is 4. The minimum atomic E-state index is -1.57. The fraction of sp³-hybridized carbons (Fsp3) is 0.580. The third-order valence-corrected chi connectivity index (χ3v) is 14.9. The van der Waals surface area contributed by atoms with Crippen molar-refractivity contribution >= 4 is 41.4 Å². The van der Waals surface area contributed by atoms with Crippen LogP contribution in [0.4, 0.5) is 5.95 Å². The van der Waals surface area contributed by atoms with Gasteiger partial charge in [-0.3, -0.25) is 14.4 Å². The molecule has 1 aromatic carbocycles. The van der Waals surface area contributed by atoms with Crippen LogP contribution in [-0.4, -0.2) is 117 Å². The summed E-state index contributed by atoms with van der Waals surface area (Å²) in [6, 6.07) is -0.555. The number of fused-ring (bicyclic) bond motifs is 4. The Morgan fingerprint density at radius 3 is 2.40 bits per heavy atom. The quantitative estimate of drug-likeness (QED) is 0.0944. The first-order valence-electron chi connectivity index (χ1n) is 23.1. The molecule has 8 aliphatic rings. The van der Waals surface area contributed by atoms with E-state index in [4.69, 9.17) is 28.7 Å². The second-order valence-electron chi connectivity index (χ2n) is 20.2. The number of esters is 2. The van der Waals surface area contributed by atoms with E-state index in [1.54, 1.807) is 22.6 Å². The predicted octanol–water partition coefficient (Wildman–Crippen LogP) is 6.86. The normalized spacial score (nSPS) is 29.9. The summed E-state index contributed by atoms with van der Waals surface area (Å²) in [6.45, 7) is 18.7. The molecule has 15 nitrogen and oxygen atoms in total. The van der Waals surface area contributed by atoms with Crippen molar-refractivity contribution in [1.29, 1.82) is 0 Å². The first-order valence-corrected chi connectivity index (χ1v) is 23.1. The van der Waals surface area contributed by atoms with E-state index in [2.05, 4.69) is 41.0 Å². The maximum atomic E-state index is 15.5. The molecule has 5 aliphatic heterocycles. The van der Waals surface area contributed by atoms with Gasteiger partial charge in [0.05, 0.1) is 47.9 Å². The molecule has 1 aromatic heterocycles. The number of rotatable bonds is 12. The Morgan fingerprint density at radius 2 is 1.69 bits per heavy atom. The maximum absolute atomic E-state index is 15.5. The van der Waals surface area contributed by atoms with E-state index < -0.39 is 52.2 Å². The standard InChI is InChI=1S/C50H62N6O9/c1-28(2)12-11-19-48(8)20-18-32-41(63-48)31(14-13-29(3)4)43-37(42(32)62-36(58)16-15-35(57)55-24-22-54(9)23-25-55)39-38-40(56-46(53-39)51-27-52-56)33-26-34-47(6,7)65-49(44(33)59,50(34,38)64-43)21-17-30(5)45(60)61-10/h12-13,17-18,20,27,33-34,38,40H,11,14-16,19,21-26H2,1-10H3. The number of benzene rings is 1. The number of methoxy groups -OCH3 is 1. The van der Waals surface area contributed by atoms with E-state index in [0.29, 0.717) is 77.8 Å². The molecule has 3 aliphatic carbocycles. The summed E-state index contributed by atoms with van der Waals surface area (Å²) >= 11 is 0. The van der Waals surface area contributed by atoms with Gasteiger partial charge in [0, 0.05) is 62.0 Å². The highest BCUT2D eigenvalue weighted by atomic mass is 16.6. The van der Waals surface area contributed by atoms with Gasteiger partial charge in [0.1, 0.15) is 23.4 Å². The Labute approximate surface area is 380 Å². The van der Waals surface area contributed by atoms with Crippen LogP contribution in [0.15, 0.2) is 52.3 Å². The molecule has 3 saturated carbocycles. The Kier molecular flexibility index (Phi) is 11.1. The summed E-state index contributed by atoms with van der Waals surface area (Å²) < 4.78 is 35.6. The van der Waals surface area contributed by atoms with Gasteiger partial charge in [-0.2, -0.15) is 10.1 Å². The summed E-state index contributed by atoms with van der Waals surface area (Å²) in [7, 11) is 3.36. The van der Waals surface area contributed by atoms with Gasteiger partial charge in [-0.25, -0.2) is 14.5 Å². The highest BCUT2D eigenvalue weighted by molar-refractivity contribution is 6.14. The fourth-order valence-corrected chi connectivity index (χ4v) is 11.7. The van der Waals surface area contributed by atoms with Gasteiger partial charge in [0.25, 0.3) is 0 Å². The van der Waals surface area contributed by atoms with Crippen molar-refractivity contribution in [3.8, 4) is 17.2 Å². The van der Waals surface area contributed by atoms with Gasteiger partial charge in [0.15, 0.2) is 22.7 Å². The molecule has 7 unspecified atom stereocenters. The number of aromatic nitrogens is 3. The highest BCUT2D eigenvalue weighted by Crippen LogP contribution is 2.73. The second kappa shape index (κ2) is 16.2. The van der Waals surface area contributed by atoms with Gasteiger partial charge in [0.2, 0.25) is 11.9 Å². The number of aliphatic imine (C=N–C) groups is 1. The maximum Gasteiger partial charge on any atom is 0.333 e. The molecule has 6 heterocycles. The first-order chi connectivity index (χ1) is 30.8. The average molecular weight is 891 g/mol. The lowest BCUT2D eigenvalue weighted by Crippen LogP contribution is -2.79. The third kappa shape index (κ3) is 7.10. The van der Waals surface area contributed by atoms with Crippen molar-refractivity contribution in [3.05, 3.63) is 64.0 Å². The largest absolute Gasteiger partial charge is 0.482 e. The molecule has 5 fully saturated rings. The van der Waals surface area contributed by atoms with Crippen LogP contribution < -0.4 is 14.2 Å². The molecule has 2 saturated heterocycles. The molecule has 0 N–H and O–H groups in total. The number of piperazine rings is 1. The Morgan fingerprint density at radius 1 is 0.954 bits per heavy atom. The van der Waals surface area contributed by atoms with Crippen LogP contribution in [-0.2, 0) is 35.1 Å².